The number of nitro benzene ring substituents is 1. The first-order valence-corrected chi connectivity index (χ1v) is 7.67. The number of non-ortho nitro benzene ring substituents is 1. The lowest BCUT2D eigenvalue weighted by atomic mass is 10.1. The van der Waals surface area contributed by atoms with Gasteiger partial charge in [0.25, 0.3) is 16.8 Å². The average Bonchev–Trinajstić information content (AvgIpc) is 2.68. The van der Waals surface area contributed by atoms with Gasteiger partial charge in [0.2, 0.25) is 0 Å². The van der Waals surface area contributed by atoms with Crippen LogP contribution in [0.3, 0.4) is 0 Å². The van der Waals surface area contributed by atoms with E-state index in [0.717, 1.165) is 22.7 Å². The number of hydrogen-bond donors (Lipinski definition) is 1. The number of likely N-dealkylation sites (N-methyl/N-ethyl adjacent to an activating group) is 1. The summed E-state index contributed by atoms with van der Waals surface area (Å²) < 4.78 is 0.294. The van der Waals surface area contributed by atoms with Crippen LogP contribution in [0.15, 0.2) is 17.0 Å². The van der Waals surface area contributed by atoms with Gasteiger partial charge in [-0.3, -0.25) is 24.6 Å². The molecule has 1 N–H and O–H groups in total. The highest BCUT2D eigenvalue weighted by Gasteiger charge is 2.34. The van der Waals surface area contributed by atoms with E-state index in [4.69, 9.17) is 0 Å². The van der Waals surface area contributed by atoms with E-state index in [2.05, 4.69) is 0 Å². The number of phenols is 1. The summed E-state index contributed by atoms with van der Waals surface area (Å²) in [6, 6.07) is 2.39. The molecule has 1 heterocycles. The van der Waals surface area contributed by atoms with Crippen molar-refractivity contribution in [2.45, 2.75) is 6.92 Å². The van der Waals surface area contributed by atoms with Crippen molar-refractivity contribution in [3.63, 3.8) is 0 Å². The first kappa shape index (κ1) is 15.8. The van der Waals surface area contributed by atoms with Gasteiger partial charge in [-0.05, 0) is 47.4 Å². The monoisotopic (exact) mass is 420 g/mol. The van der Waals surface area contributed by atoms with Crippen molar-refractivity contribution in [2.24, 2.45) is 0 Å². The first-order valence-electron chi connectivity index (χ1n) is 5.77. The Morgan fingerprint density at radius 1 is 1.48 bits per heavy atom. The Kier molecular flexibility index (Phi) is 4.52. The molecule has 2 rings (SSSR count). The third-order valence-electron chi connectivity index (χ3n) is 2.76. The highest BCUT2D eigenvalue weighted by Crippen LogP contribution is 2.36. The number of rotatable bonds is 3. The summed E-state index contributed by atoms with van der Waals surface area (Å²) in [7, 11) is 0. The van der Waals surface area contributed by atoms with Crippen LogP contribution in [0.2, 0.25) is 0 Å². The molecule has 1 fully saturated rings. The summed E-state index contributed by atoms with van der Waals surface area (Å²) in [5.41, 5.74) is -0.0617. The van der Waals surface area contributed by atoms with Crippen molar-refractivity contribution in [1.29, 1.82) is 0 Å². The fraction of sp³-hybridized carbons (Fsp3) is 0.167. The lowest BCUT2D eigenvalue weighted by molar-refractivity contribution is -0.385. The molecule has 0 atom stereocenters. The molecule has 0 aromatic heterocycles. The third kappa shape index (κ3) is 3.02. The van der Waals surface area contributed by atoms with Crippen molar-refractivity contribution in [2.75, 3.05) is 6.54 Å². The Morgan fingerprint density at radius 2 is 2.14 bits per heavy atom. The van der Waals surface area contributed by atoms with Gasteiger partial charge in [-0.25, -0.2) is 0 Å². The summed E-state index contributed by atoms with van der Waals surface area (Å²) in [6.07, 6.45) is 1.30. The van der Waals surface area contributed by atoms with Crippen LogP contribution in [-0.2, 0) is 4.79 Å². The van der Waals surface area contributed by atoms with Gasteiger partial charge in [0.1, 0.15) is 5.75 Å². The second kappa shape index (κ2) is 6.02. The van der Waals surface area contributed by atoms with E-state index in [-0.39, 0.29) is 28.5 Å². The lowest BCUT2D eigenvalue weighted by Gasteiger charge is -2.07. The number of amides is 2. The zero-order chi connectivity index (χ0) is 15.7. The number of benzene rings is 1. The van der Waals surface area contributed by atoms with Gasteiger partial charge in [0.05, 0.1) is 13.4 Å². The van der Waals surface area contributed by atoms with Gasteiger partial charge in [0, 0.05) is 24.2 Å². The van der Waals surface area contributed by atoms with Crippen LogP contribution in [0.4, 0.5) is 10.5 Å². The number of carbonyl (C=O) groups excluding carboxylic acids is 2. The predicted octanol–water partition coefficient (Wildman–Crippen LogP) is 2.96. The van der Waals surface area contributed by atoms with Crippen LogP contribution in [0, 0.1) is 13.7 Å². The molecule has 0 aliphatic carbocycles. The van der Waals surface area contributed by atoms with E-state index in [1.807, 2.05) is 0 Å². The Balaban J connectivity index is 2.48. The number of thioether (sulfide) groups is 1. The number of hydrogen-bond acceptors (Lipinski definition) is 6. The van der Waals surface area contributed by atoms with Crippen LogP contribution in [0.1, 0.15) is 12.5 Å². The molecule has 21 heavy (non-hydrogen) atoms. The quantitative estimate of drug-likeness (QED) is 0.349. The predicted molar refractivity (Wildman–Crippen MR) is 85.8 cm³/mol. The molecule has 9 heteroatoms. The van der Waals surface area contributed by atoms with Crippen molar-refractivity contribution in [3.8, 4) is 5.75 Å². The minimum absolute atomic E-state index is 0.133. The minimum Gasteiger partial charge on any atom is -0.506 e. The van der Waals surface area contributed by atoms with E-state index < -0.39 is 16.1 Å². The second-order valence-corrected chi connectivity index (χ2v) is 6.20. The van der Waals surface area contributed by atoms with Gasteiger partial charge in [-0.2, -0.15) is 0 Å². The zero-order valence-electron chi connectivity index (χ0n) is 10.7. The highest BCUT2D eigenvalue weighted by molar-refractivity contribution is 14.1. The number of carbonyl (C=O) groups is 2. The number of nitro groups is 1. The molecule has 1 aromatic carbocycles. The summed E-state index contributed by atoms with van der Waals surface area (Å²) >= 11 is 2.51. The number of aromatic hydroxyl groups is 1. The molecule has 7 nitrogen and oxygen atoms in total. The SMILES string of the molecule is CCN1C(=O)S/C(=C/c2cc([N+](=O)[O-])cc(I)c2O)C1=O. The summed E-state index contributed by atoms with van der Waals surface area (Å²) in [6.45, 7) is 1.92. The van der Waals surface area contributed by atoms with Gasteiger partial charge < -0.3 is 5.11 Å². The van der Waals surface area contributed by atoms with Crippen LogP contribution in [-0.4, -0.2) is 32.6 Å². The van der Waals surface area contributed by atoms with Gasteiger partial charge in [-0.15, -0.1) is 0 Å². The Morgan fingerprint density at radius 3 is 2.67 bits per heavy atom. The molecule has 2 amide bonds. The lowest BCUT2D eigenvalue weighted by Crippen LogP contribution is -2.27. The second-order valence-electron chi connectivity index (χ2n) is 4.05. The molecule has 0 saturated carbocycles. The molecule has 1 aliphatic rings. The first-order chi connectivity index (χ1) is 9.85. The summed E-state index contributed by atoms with van der Waals surface area (Å²) in [5, 5.41) is 20.4. The van der Waals surface area contributed by atoms with Crippen LogP contribution in [0.25, 0.3) is 6.08 Å². The summed E-state index contributed by atoms with van der Waals surface area (Å²) in [4.78, 5) is 35.0. The Hall–Kier alpha value is -1.62. The molecule has 0 unspecified atom stereocenters. The fourth-order valence-electron chi connectivity index (χ4n) is 1.73. The zero-order valence-corrected chi connectivity index (χ0v) is 13.7. The van der Waals surface area contributed by atoms with Gasteiger partial charge in [0.15, 0.2) is 0 Å². The van der Waals surface area contributed by atoms with E-state index in [1.54, 1.807) is 29.5 Å². The standard InChI is InChI=1S/C12H9IN2O5S/c1-2-14-11(17)9(21-12(14)18)4-6-3-7(15(19)20)5-8(13)10(6)16/h3-5,16H,2H2,1H3/b9-4+. The van der Waals surface area contributed by atoms with Gasteiger partial charge >= 0.3 is 0 Å². The molecule has 1 aromatic rings. The number of halogens is 1. The normalized spacial score (nSPS) is 16.9. The summed E-state index contributed by atoms with van der Waals surface area (Å²) in [5.74, 6) is -0.627. The van der Waals surface area contributed by atoms with Crippen LogP contribution >= 0.6 is 34.4 Å². The van der Waals surface area contributed by atoms with Crippen LogP contribution in [0.5, 0.6) is 5.75 Å². The largest absolute Gasteiger partial charge is 0.506 e. The van der Waals surface area contributed by atoms with Crippen molar-refractivity contribution in [1.82, 2.24) is 4.90 Å². The van der Waals surface area contributed by atoms with E-state index in [0.29, 0.717) is 3.57 Å². The Bertz CT molecular complexity index is 688. The molecular weight excluding hydrogens is 411 g/mol. The average molecular weight is 420 g/mol. The van der Waals surface area contributed by atoms with Crippen molar-refractivity contribution < 1.29 is 19.6 Å². The number of phenolic OH excluding ortho intramolecular Hbond substituents is 1. The van der Waals surface area contributed by atoms with Crippen molar-refractivity contribution in [3.05, 3.63) is 36.3 Å². The maximum atomic E-state index is 12.0. The third-order valence-corrected chi connectivity index (χ3v) is 4.49. The van der Waals surface area contributed by atoms with Crippen molar-refractivity contribution >= 4 is 57.3 Å². The fourth-order valence-corrected chi connectivity index (χ4v) is 3.26. The molecule has 0 radical (unpaired) electrons. The maximum Gasteiger partial charge on any atom is 0.293 e. The molecule has 110 valence electrons. The minimum atomic E-state index is -0.587. The van der Waals surface area contributed by atoms with E-state index >= 15 is 0 Å². The number of imide groups is 1. The molecule has 1 aliphatic heterocycles. The highest BCUT2D eigenvalue weighted by atomic mass is 127. The van der Waals surface area contributed by atoms with Crippen LogP contribution < -0.4 is 0 Å². The van der Waals surface area contributed by atoms with E-state index in [9.17, 15) is 24.8 Å². The molecular formula is C12H9IN2O5S. The molecule has 1 saturated heterocycles. The molecule has 0 spiro atoms. The molecule has 0 bridgehead atoms. The topological polar surface area (TPSA) is 101 Å². The smallest absolute Gasteiger partial charge is 0.293 e. The van der Waals surface area contributed by atoms with E-state index in [1.165, 1.54) is 12.1 Å². The maximum absolute atomic E-state index is 12.0. The van der Waals surface area contributed by atoms with Gasteiger partial charge in [-0.1, -0.05) is 0 Å². The Labute approximate surface area is 137 Å². The number of nitrogens with zero attached hydrogens (tertiary/aromatic N) is 2.